The molecule has 0 spiro atoms. The van der Waals surface area contributed by atoms with Crippen molar-refractivity contribution in [2.45, 2.75) is 96.2 Å². The van der Waals surface area contributed by atoms with E-state index in [-0.39, 0.29) is 12.0 Å². The fraction of sp³-hybridized carbons (Fsp3) is 0.895. The average molecular weight is 380 g/mol. The van der Waals surface area contributed by atoms with Crippen LogP contribution in [0.15, 0.2) is 0 Å². The summed E-state index contributed by atoms with van der Waals surface area (Å²) in [6.45, 7) is 5.40. The van der Waals surface area contributed by atoms with E-state index in [2.05, 4.69) is 34.3 Å². The summed E-state index contributed by atoms with van der Waals surface area (Å²) in [5.74, 6) is 1.19. The van der Waals surface area contributed by atoms with Gasteiger partial charge in [0.25, 0.3) is 0 Å². The normalized spacial score (nSPS) is 25.8. The van der Waals surface area contributed by atoms with E-state index in [1.165, 1.54) is 32.1 Å². The third-order valence-electron chi connectivity index (χ3n) is 6.12. The quantitative estimate of drug-likeness (QED) is 0.765. The minimum atomic E-state index is -0.161. The van der Waals surface area contributed by atoms with Gasteiger partial charge in [0, 0.05) is 24.9 Å². The number of aliphatic hydroxyl groups excluding tert-OH is 1. The maximum absolute atomic E-state index is 9.74. The zero-order chi connectivity index (χ0) is 18.5. The van der Waals surface area contributed by atoms with Crippen molar-refractivity contribution < 1.29 is 5.11 Å². The topological polar surface area (TPSA) is 67.1 Å². The largest absolute Gasteiger partial charge is 0.393 e. The van der Waals surface area contributed by atoms with Crippen LogP contribution in [0, 0.1) is 5.92 Å². The summed E-state index contributed by atoms with van der Waals surface area (Å²) >= 11 is 5.88. The number of hydrogen-bond acceptors (Lipinski definition) is 5. The predicted octanol–water partition coefficient (Wildman–Crippen LogP) is 3.31. The van der Waals surface area contributed by atoms with Crippen LogP contribution in [0.4, 0.5) is 0 Å². The lowest BCUT2D eigenvalue weighted by atomic mass is 9.92. The van der Waals surface area contributed by atoms with Crippen molar-refractivity contribution in [3.63, 3.8) is 0 Å². The molecular weight excluding hydrogens is 346 g/mol. The Bertz CT molecular complexity index is 578. The predicted molar refractivity (Wildman–Crippen MR) is 106 cm³/mol. The number of aliphatic hydroxyl groups is 1. The molecule has 1 aromatic rings. The summed E-state index contributed by atoms with van der Waals surface area (Å²) in [5.41, 5.74) is 0. The molecule has 26 heavy (non-hydrogen) atoms. The van der Waals surface area contributed by atoms with Gasteiger partial charge in [-0.3, -0.25) is 0 Å². The SMILES string of the molecule is CCN(C(=S)C(C)Cc1nnnn1C1CCC(O)CC1)C1CCCCC1. The van der Waals surface area contributed by atoms with E-state index >= 15 is 0 Å². The first-order chi connectivity index (χ1) is 12.6. The minimum absolute atomic E-state index is 0.161. The van der Waals surface area contributed by atoms with Gasteiger partial charge in [0.15, 0.2) is 5.82 Å². The maximum Gasteiger partial charge on any atom is 0.152 e. The second-order valence-corrected chi connectivity index (χ2v) is 8.44. The Morgan fingerprint density at radius 3 is 2.54 bits per heavy atom. The van der Waals surface area contributed by atoms with Gasteiger partial charge in [0.1, 0.15) is 0 Å². The third-order valence-corrected chi connectivity index (χ3v) is 6.76. The van der Waals surface area contributed by atoms with Crippen molar-refractivity contribution >= 4 is 17.2 Å². The van der Waals surface area contributed by atoms with Gasteiger partial charge >= 0.3 is 0 Å². The van der Waals surface area contributed by atoms with Gasteiger partial charge in [0.05, 0.1) is 17.1 Å². The Hall–Kier alpha value is -1.08. The smallest absolute Gasteiger partial charge is 0.152 e. The number of tetrazole rings is 1. The molecule has 0 aromatic carbocycles. The van der Waals surface area contributed by atoms with Crippen LogP contribution in [0.3, 0.4) is 0 Å². The average Bonchev–Trinajstić information content (AvgIpc) is 3.12. The van der Waals surface area contributed by atoms with E-state index in [4.69, 9.17) is 12.2 Å². The zero-order valence-electron chi connectivity index (χ0n) is 16.2. The van der Waals surface area contributed by atoms with Gasteiger partial charge in [-0.2, -0.15) is 0 Å². The summed E-state index contributed by atoms with van der Waals surface area (Å²) < 4.78 is 1.99. The number of thiocarbonyl (C=S) groups is 1. The molecule has 1 heterocycles. The van der Waals surface area contributed by atoms with Crippen molar-refractivity contribution in [1.82, 2.24) is 25.1 Å². The molecule has 0 amide bonds. The van der Waals surface area contributed by atoms with Gasteiger partial charge in [0.2, 0.25) is 0 Å². The third kappa shape index (κ3) is 4.60. The molecule has 0 bridgehead atoms. The van der Waals surface area contributed by atoms with Crippen molar-refractivity contribution in [2.24, 2.45) is 5.92 Å². The summed E-state index contributed by atoms with van der Waals surface area (Å²) in [7, 11) is 0. The standard InChI is InChI=1S/C19H33N5OS/c1-3-23(15-7-5-4-6-8-15)19(26)14(2)13-18-20-21-22-24(18)16-9-11-17(25)12-10-16/h14-17,25H,3-13H2,1-2H3. The van der Waals surface area contributed by atoms with Crippen LogP contribution in [0.2, 0.25) is 0 Å². The molecule has 7 heteroatoms. The fourth-order valence-corrected chi connectivity index (χ4v) is 4.93. The monoisotopic (exact) mass is 379 g/mol. The molecule has 2 fully saturated rings. The molecular formula is C19H33N5OS. The lowest BCUT2D eigenvalue weighted by molar-refractivity contribution is 0.106. The maximum atomic E-state index is 9.74. The summed E-state index contributed by atoms with van der Waals surface area (Å²) in [6.07, 6.45) is 10.7. The molecule has 1 aromatic heterocycles. The van der Waals surface area contributed by atoms with Crippen LogP contribution in [-0.2, 0) is 6.42 Å². The number of aromatic nitrogens is 4. The summed E-state index contributed by atoms with van der Waals surface area (Å²) in [6, 6.07) is 0.921. The molecule has 0 saturated heterocycles. The highest BCUT2D eigenvalue weighted by Gasteiger charge is 2.28. The lowest BCUT2D eigenvalue weighted by Crippen LogP contribution is -2.43. The van der Waals surface area contributed by atoms with E-state index in [0.29, 0.717) is 12.1 Å². The molecule has 3 rings (SSSR count). The Kier molecular flexibility index (Phi) is 6.98. The molecule has 6 nitrogen and oxygen atoms in total. The van der Waals surface area contributed by atoms with E-state index in [9.17, 15) is 5.11 Å². The van der Waals surface area contributed by atoms with Crippen molar-refractivity contribution in [3.8, 4) is 0 Å². The Labute approximate surface area is 162 Å². The summed E-state index contributed by atoms with van der Waals surface area (Å²) in [4.78, 5) is 3.51. The number of rotatable bonds is 6. The first-order valence-corrected chi connectivity index (χ1v) is 10.8. The molecule has 2 aliphatic rings. The Morgan fingerprint density at radius 2 is 1.88 bits per heavy atom. The molecule has 0 aliphatic heterocycles. The van der Waals surface area contributed by atoms with Gasteiger partial charge in [-0.15, -0.1) is 5.10 Å². The second kappa shape index (κ2) is 9.22. The van der Waals surface area contributed by atoms with Crippen molar-refractivity contribution in [3.05, 3.63) is 5.82 Å². The molecule has 2 saturated carbocycles. The minimum Gasteiger partial charge on any atom is -0.393 e. The van der Waals surface area contributed by atoms with E-state index < -0.39 is 0 Å². The number of nitrogens with zero attached hydrogens (tertiary/aromatic N) is 5. The van der Waals surface area contributed by atoms with Crippen LogP contribution < -0.4 is 0 Å². The highest BCUT2D eigenvalue weighted by atomic mass is 32.1. The molecule has 146 valence electrons. The lowest BCUT2D eigenvalue weighted by Gasteiger charge is -2.37. The molecule has 1 atom stereocenters. The molecule has 0 radical (unpaired) electrons. The summed E-state index contributed by atoms with van der Waals surface area (Å²) in [5, 5.41) is 22.2. The zero-order valence-corrected chi connectivity index (χ0v) is 17.0. The van der Waals surface area contributed by atoms with Crippen molar-refractivity contribution in [2.75, 3.05) is 6.54 Å². The Balaban J connectivity index is 1.63. The first-order valence-electron chi connectivity index (χ1n) is 10.4. The van der Waals surface area contributed by atoms with E-state index in [0.717, 1.165) is 49.5 Å². The van der Waals surface area contributed by atoms with Gasteiger partial charge in [-0.25, -0.2) is 4.68 Å². The van der Waals surface area contributed by atoms with Crippen LogP contribution >= 0.6 is 12.2 Å². The highest BCUT2D eigenvalue weighted by Crippen LogP contribution is 2.29. The molecule has 1 N–H and O–H groups in total. The molecule has 1 unspecified atom stereocenters. The Morgan fingerprint density at radius 1 is 1.19 bits per heavy atom. The van der Waals surface area contributed by atoms with Crippen LogP contribution in [0.1, 0.15) is 83.5 Å². The highest BCUT2D eigenvalue weighted by molar-refractivity contribution is 7.80. The van der Waals surface area contributed by atoms with Crippen LogP contribution in [-0.4, -0.2) is 53.9 Å². The fourth-order valence-electron chi connectivity index (χ4n) is 4.56. The molecule has 2 aliphatic carbocycles. The first kappa shape index (κ1) is 19.7. The van der Waals surface area contributed by atoms with Gasteiger partial charge in [-0.1, -0.05) is 38.4 Å². The van der Waals surface area contributed by atoms with Gasteiger partial charge < -0.3 is 10.0 Å². The van der Waals surface area contributed by atoms with E-state index in [1.807, 2.05) is 4.68 Å². The van der Waals surface area contributed by atoms with E-state index in [1.54, 1.807) is 0 Å². The van der Waals surface area contributed by atoms with Crippen LogP contribution in [0.25, 0.3) is 0 Å². The number of hydrogen-bond donors (Lipinski definition) is 1. The second-order valence-electron chi connectivity index (χ2n) is 8.02. The van der Waals surface area contributed by atoms with Gasteiger partial charge in [-0.05, 0) is 55.9 Å². The van der Waals surface area contributed by atoms with Crippen LogP contribution in [0.5, 0.6) is 0 Å². The van der Waals surface area contributed by atoms with Crippen molar-refractivity contribution in [1.29, 1.82) is 0 Å².